The number of nitrogens with zero attached hydrogens (tertiary/aromatic N) is 5. The standard InChI is InChI=1S/C33H41N5O2/c1-23(2)38-22-28(20-35-38)27-10-7-11-29(18-27)37(33(39)26-8-5-4-6-9-26)21-24-12-14-25(15-13-24)30-16-17-32(40-3)31(19-34)36-30/h7,10-11,16-18,20,22-26H,4-6,8-9,12-15,21H2,1-3H3. The van der Waals surface area contributed by atoms with Gasteiger partial charge in [0.15, 0.2) is 11.4 Å². The van der Waals surface area contributed by atoms with Crippen molar-refractivity contribution in [3.8, 4) is 22.9 Å². The van der Waals surface area contributed by atoms with Gasteiger partial charge in [0.1, 0.15) is 6.07 Å². The van der Waals surface area contributed by atoms with E-state index in [0.717, 1.165) is 80.4 Å². The molecule has 7 heteroatoms. The van der Waals surface area contributed by atoms with Crippen LogP contribution < -0.4 is 9.64 Å². The molecule has 2 heterocycles. The number of nitriles is 1. The third-order valence-electron chi connectivity index (χ3n) is 8.75. The van der Waals surface area contributed by atoms with Gasteiger partial charge in [0.05, 0.1) is 13.3 Å². The van der Waals surface area contributed by atoms with Gasteiger partial charge >= 0.3 is 0 Å². The maximum atomic E-state index is 14.0. The molecule has 0 aliphatic heterocycles. The molecule has 0 radical (unpaired) electrons. The zero-order valence-corrected chi connectivity index (χ0v) is 24.1. The Labute approximate surface area is 238 Å². The molecule has 7 nitrogen and oxygen atoms in total. The summed E-state index contributed by atoms with van der Waals surface area (Å²) in [4.78, 5) is 20.7. The van der Waals surface area contributed by atoms with Crippen LogP contribution in [-0.4, -0.2) is 34.3 Å². The molecule has 210 valence electrons. The minimum Gasteiger partial charge on any atom is -0.494 e. The molecule has 2 saturated carbocycles. The van der Waals surface area contributed by atoms with E-state index in [2.05, 4.69) is 65.4 Å². The number of anilines is 1. The molecule has 0 N–H and O–H groups in total. The number of aromatic nitrogens is 3. The zero-order chi connectivity index (χ0) is 28.1. The van der Waals surface area contributed by atoms with E-state index in [1.165, 1.54) is 6.42 Å². The first-order valence-corrected chi connectivity index (χ1v) is 14.9. The largest absolute Gasteiger partial charge is 0.494 e. The third kappa shape index (κ3) is 6.22. The number of pyridine rings is 1. The molecule has 2 aliphatic carbocycles. The number of carbonyl (C=O) groups excluding carboxylic acids is 1. The third-order valence-corrected chi connectivity index (χ3v) is 8.75. The molecule has 1 aromatic carbocycles. The van der Waals surface area contributed by atoms with E-state index in [-0.39, 0.29) is 11.8 Å². The average molecular weight is 540 g/mol. The molecular formula is C33H41N5O2. The smallest absolute Gasteiger partial charge is 0.230 e. The van der Waals surface area contributed by atoms with E-state index in [4.69, 9.17) is 4.74 Å². The first kappa shape index (κ1) is 27.9. The van der Waals surface area contributed by atoms with E-state index in [1.807, 2.05) is 23.0 Å². The highest BCUT2D eigenvalue weighted by Gasteiger charge is 2.31. The summed E-state index contributed by atoms with van der Waals surface area (Å²) >= 11 is 0. The second-order valence-electron chi connectivity index (χ2n) is 11.8. The number of ether oxygens (including phenoxy) is 1. The number of rotatable bonds is 8. The lowest BCUT2D eigenvalue weighted by molar-refractivity contribution is -0.123. The lowest BCUT2D eigenvalue weighted by atomic mass is 9.79. The summed E-state index contributed by atoms with van der Waals surface area (Å²) in [6.07, 6.45) is 13.6. The van der Waals surface area contributed by atoms with Crippen molar-refractivity contribution in [2.75, 3.05) is 18.6 Å². The second kappa shape index (κ2) is 12.7. The van der Waals surface area contributed by atoms with Crippen molar-refractivity contribution in [1.29, 1.82) is 5.26 Å². The number of hydrogen-bond donors (Lipinski definition) is 0. The molecular weight excluding hydrogens is 498 g/mol. The highest BCUT2D eigenvalue weighted by atomic mass is 16.5. The van der Waals surface area contributed by atoms with Crippen molar-refractivity contribution in [2.24, 2.45) is 11.8 Å². The van der Waals surface area contributed by atoms with Gasteiger partial charge in [-0.2, -0.15) is 10.4 Å². The quantitative estimate of drug-likeness (QED) is 0.300. The van der Waals surface area contributed by atoms with Gasteiger partial charge in [-0.25, -0.2) is 4.98 Å². The van der Waals surface area contributed by atoms with Gasteiger partial charge < -0.3 is 9.64 Å². The van der Waals surface area contributed by atoms with Crippen molar-refractivity contribution in [3.05, 3.63) is 60.2 Å². The molecule has 0 saturated heterocycles. The Morgan fingerprint density at radius 3 is 2.52 bits per heavy atom. The van der Waals surface area contributed by atoms with Crippen LogP contribution in [0.1, 0.15) is 95.0 Å². The van der Waals surface area contributed by atoms with E-state index < -0.39 is 0 Å². The van der Waals surface area contributed by atoms with Crippen LogP contribution in [0.25, 0.3) is 11.1 Å². The number of amides is 1. The molecule has 3 aromatic rings. The lowest BCUT2D eigenvalue weighted by Gasteiger charge is -2.35. The number of hydrogen-bond acceptors (Lipinski definition) is 5. The molecule has 5 rings (SSSR count). The maximum absolute atomic E-state index is 14.0. The fourth-order valence-corrected chi connectivity index (χ4v) is 6.35. The van der Waals surface area contributed by atoms with Gasteiger partial charge in [-0.15, -0.1) is 0 Å². The molecule has 1 amide bonds. The van der Waals surface area contributed by atoms with Crippen molar-refractivity contribution in [3.63, 3.8) is 0 Å². The number of methoxy groups -OCH3 is 1. The van der Waals surface area contributed by atoms with Crippen molar-refractivity contribution >= 4 is 11.6 Å². The molecule has 2 aliphatic rings. The van der Waals surface area contributed by atoms with E-state index >= 15 is 0 Å². The first-order chi connectivity index (χ1) is 19.5. The normalized spacial score (nSPS) is 19.8. The molecule has 0 bridgehead atoms. The van der Waals surface area contributed by atoms with Crippen molar-refractivity contribution < 1.29 is 9.53 Å². The van der Waals surface area contributed by atoms with Crippen LogP contribution in [0.2, 0.25) is 0 Å². The maximum Gasteiger partial charge on any atom is 0.230 e. The zero-order valence-electron chi connectivity index (χ0n) is 24.1. The first-order valence-electron chi connectivity index (χ1n) is 14.9. The predicted molar refractivity (Wildman–Crippen MR) is 157 cm³/mol. The Morgan fingerprint density at radius 2 is 1.85 bits per heavy atom. The minimum atomic E-state index is 0.116. The van der Waals surface area contributed by atoms with Gasteiger partial charge in [-0.3, -0.25) is 9.48 Å². The topological polar surface area (TPSA) is 84.0 Å². The molecule has 0 atom stereocenters. The molecule has 40 heavy (non-hydrogen) atoms. The fourth-order valence-electron chi connectivity index (χ4n) is 6.35. The van der Waals surface area contributed by atoms with Crippen LogP contribution in [0.3, 0.4) is 0 Å². The Kier molecular flexibility index (Phi) is 8.84. The Bertz CT molecular complexity index is 1340. The van der Waals surface area contributed by atoms with E-state index in [9.17, 15) is 10.1 Å². The summed E-state index contributed by atoms with van der Waals surface area (Å²) in [5.74, 6) is 1.69. The highest BCUT2D eigenvalue weighted by Crippen LogP contribution is 2.38. The summed E-state index contributed by atoms with van der Waals surface area (Å²) in [6, 6.07) is 14.7. The summed E-state index contributed by atoms with van der Waals surface area (Å²) < 4.78 is 7.25. The van der Waals surface area contributed by atoms with E-state index in [0.29, 0.717) is 29.3 Å². The molecule has 0 spiro atoms. The van der Waals surface area contributed by atoms with Crippen LogP contribution >= 0.6 is 0 Å². The van der Waals surface area contributed by atoms with Crippen molar-refractivity contribution in [1.82, 2.24) is 14.8 Å². The van der Waals surface area contributed by atoms with Crippen LogP contribution in [0.5, 0.6) is 5.75 Å². The summed E-state index contributed by atoms with van der Waals surface area (Å²) in [5, 5.41) is 14.0. The molecule has 0 unspecified atom stereocenters. The monoisotopic (exact) mass is 539 g/mol. The fraction of sp³-hybridized carbons (Fsp3) is 0.515. The molecule has 2 aromatic heterocycles. The second-order valence-corrected chi connectivity index (χ2v) is 11.8. The van der Waals surface area contributed by atoms with Crippen LogP contribution in [0, 0.1) is 23.2 Å². The Hall–Kier alpha value is -3.66. The summed E-state index contributed by atoms with van der Waals surface area (Å²) in [5.41, 5.74) is 4.48. The predicted octanol–water partition coefficient (Wildman–Crippen LogP) is 7.29. The Morgan fingerprint density at radius 1 is 1.07 bits per heavy atom. The van der Waals surface area contributed by atoms with E-state index in [1.54, 1.807) is 7.11 Å². The number of benzene rings is 1. The van der Waals surface area contributed by atoms with Crippen LogP contribution in [0.4, 0.5) is 5.69 Å². The van der Waals surface area contributed by atoms with Gasteiger partial charge in [0.2, 0.25) is 5.91 Å². The average Bonchev–Trinajstić information content (AvgIpc) is 3.51. The highest BCUT2D eigenvalue weighted by molar-refractivity contribution is 5.95. The van der Waals surface area contributed by atoms with Crippen LogP contribution in [0.15, 0.2) is 48.8 Å². The SMILES string of the molecule is COc1ccc(C2CCC(CN(C(=O)C3CCCCC3)c3cccc(-c4cnn(C(C)C)c4)c3)CC2)nc1C#N. The van der Waals surface area contributed by atoms with Gasteiger partial charge in [-0.05, 0) is 88.1 Å². The van der Waals surface area contributed by atoms with Crippen LogP contribution in [-0.2, 0) is 4.79 Å². The summed E-state index contributed by atoms with van der Waals surface area (Å²) in [6.45, 7) is 5.00. The Balaban J connectivity index is 1.33. The van der Waals surface area contributed by atoms with Gasteiger partial charge in [0.25, 0.3) is 0 Å². The lowest BCUT2D eigenvalue weighted by Crippen LogP contribution is -2.41. The number of carbonyl (C=O) groups is 1. The summed E-state index contributed by atoms with van der Waals surface area (Å²) in [7, 11) is 1.57. The minimum absolute atomic E-state index is 0.116. The van der Waals surface area contributed by atoms with Gasteiger partial charge in [-0.1, -0.05) is 31.4 Å². The van der Waals surface area contributed by atoms with Crippen molar-refractivity contribution in [2.45, 2.75) is 83.6 Å². The van der Waals surface area contributed by atoms with Gasteiger partial charge in [0, 0.05) is 47.6 Å². The molecule has 2 fully saturated rings.